The molecule has 1 aliphatic heterocycles. The number of pyridine rings is 1. The van der Waals surface area contributed by atoms with Gasteiger partial charge >= 0.3 is 0 Å². The van der Waals surface area contributed by atoms with E-state index in [0.29, 0.717) is 25.5 Å². The summed E-state index contributed by atoms with van der Waals surface area (Å²) in [5.41, 5.74) is 0. The Kier molecular flexibility index (Phi) is 5.55. The molecule has 1 fully saturated rings. The number of nitrogens with one attached hydrogen (secondary N) is 1. The lowest BCUT2D eigenvalue weighted by molar-refractivity contribution is 0.0495. The second-order valence-corrected chi connectivity index (χ2v) is 7.26. The minimum Gasteiger partial charge on any atom is -0.381 e. The number of rotatable bonds is 6. The standard InChI is InChI=1S/C14H23N3O3S/c1-3-15-14-13(7-4-8-16-14)21(18,19)17(2)10-12-6-5-9-20-11-12/h4,7-8,12H,3,5-6,9-11H2,1-2H3,(H,15,16). The monoisotopic (exact) mass is 313 g/mol. The fourth-order valence-corrected chi connectivity index (χ4v) is 3.84. The Bertz CT molecular complexity index is 556. The normalized spacial score (nSPS) is 19.7. The van der Waals surface area contributed by atoms with Crippen LogP contribution in [-0.2, 0) is 14.8 Å². The van der Waals surface area contributed by atoms with Gasteiger partial charge in [0, 0.05) is 32.9 Å². The zero-order chi connectivity index (χ0) is 15.3. The second kappa shape index (κ2) is 7.20. The van der Waals surface area contributed by atoms with Gasteiger partial charge in [-0.3, -0.25) is 0 Å². The molecule has 1 atom stereocenters. The molecule has 6 nitrogen and oxygen atoms in total. The second-order valence-electron chi connectivity index (χ2n) is 5.25. The fourth-order valence-electron chi connectivity index (χ4n) is 2.48. The van der Waals surface area contributed by atoms with Gasteiger partial charge in [-0.25, -0.2) is 17.7 Å². The quantitative estimate of drug-likeness (QED) is 0.863. The van der Waals surface area contributed by atoms with Crippen molar-refractivity contribution >= 4 is 15.8 Å². The van der Waals surface area contributed by atoms with E-state index in [1.165, 1.54) is 4.31 Å². The molecular weight excluding hydrogens is 290 g/mol. The van der Waals surface area contributed by atoms with Crippen molar-refractivity contribution in [2.75, 3.05) is 38.7 Å². The average Bonchev–Trinajstić information content (AvgIpc) is 2.49. The number of hydrogen-bond acceptors (Lipinski definition) is 5. The van der Waals surface area contributed by atoms with Crippen LogP contribution >= 0.6 is 0 Å². The Morgan fingerprint density at radius 3 is 3.00 bits per heavy atom. The number of aromatic nitrogens is 1. The number of hydrogen-bond donors (Lipinski definition) is 1. The third-order valence-corrected chi connectivity index (χ3v) is 5.43. The first kappa shape index (κ1) is 16.2. The van der Waals surface area contributed by atoms with Crippen LogP contribution in [0.25, 0.3) is 0 Å². The summed E-state index contributed by atoms with van der Waals surface area (Å²) in [4.78, 5) is 4.35. The minimum atomic E-state index is -3.54. The van der Waals surface area contributed by atoms with Gasteiger partial charge in [0.25, 0.3) is 0 Å². The van der Waals surface area contributed by atoms with Crippen LogP contribution in [-0.4, -0.2) is 51.1 Å². The predicted molar refractivity (Wildman–Crippen MR) is 81.8 cm³/mol. The molecule has 0 aliphatic carbocycles. The van der Waals surface area contributed by atoms with Crippen molar-refractivity contribution in [3.05, 3.63) is 18.3 Å². The van der Waals surface area contributed by atoms with Gasteiger partial charge in [0.1, 0.15) is 10.7 Å². The van der Waals surface area contributed by atoms with Crippen molar-refractivity contribution in [1.82, 2.24) is 9.29 Å². The summed E-state index contributed by atoms with van der Waals surface area (Å²) in [7, 11) is -1.92. The van der Waals surface area contributed by atoms with Crippen molar-refractivity contribution in [2.45, 2.75) is 24.7 Å². The Labute approximate surface area is 126 Å². The Hall–Kier alpha value is -1.18. The highest BCUT2D eigenvalue weighted by Gasteiger charge is 2.27. The van der Waals surface area contributed by atoms with Gasteiger partial charge in [0.05, 0.1) is 6.61 Å². The lowest BCUT2D eigenvalue weighted by Gasteiger charge is -2.27. The maximum absolute atomic E-state index is 12.7. The Morgan fingerprint density at radius 1 is 1.52 bits per heavy atom. The van der Waals surface area contributed by atoms with Gasteiger partial charge in [-0.15, -0.1) is 0 Å². The van der Waals surface area contributed by atoms with Crippen molar-refractivity contribution in [1.29, 1.82) is 0 Å². The van der Waals surface area contributed by atoms with E-state index in [-0.39, 0.29) is 10.8 Å². The van der Waals surface area contributed by atoms with Gasteiger partial charge in [0.2, 0.25) is 10.0 Å². The predicted octanol–water partition coefficient (Wildman–Crippen LogP) is 1.56. The largest absolute Gasteiger partial charge is 0.381 e. The Balaban J connectivity index is 2.16. The highest BCUT2D eigenvalue weighted by molar-refractivity contribution is 7.89. The summed E-state index contributed by atoms with van der Waals surface area (Å²) in [6, 6.07) is 3.24. The third kappa shape index (κ3) is 3.93. The number of nitrogens with zero attached hydrogens (tertiary/aromatic N) is 2. The highest BCUT2D eigenvalue weighted by Crippen LogP contribution is 2.23. The van der Waals surface area contributed by atoms with Gasteiger partial charge in [0.15, 0.2) is 0 Å². The molecule has 7 heteroatoms. The lowest BCUT2D eigenvalue weighted by Crippen LogP contribution is -2.35. The molecule has 1 N–H and O–H groups in total. The van der Waals surface area contributed by atoms with Crippen LogP contribution in [0.2, 0.25) is 0 Å². The molecule has 0 bridgehead atoms. The van der Waals surface area contributed by atoms with Gasteiger partial charge in [-0.1, -0.05) is 0 Å². The first-order valence-corrected chi connectivity index (χ1v) is 8.72. The Morgan fingerprint density at radius 2 is 2.33 bits per heavy atom. The smallest absolute Gasteiger partial charge is 0.246 e. The molecule has 0 spiro atoms. The zero-order valence-electron chi connectivity index (χ0n) is 12.6. The summed E-state index contributed by atoms with van der Waals surface area (Å²) >= 11 is 0. The first-order valence-electron chi connectivity index (χ1n) is 7.28. The molecular formula is C14H23N3O3S. The summed E-state index contributed by atoms with van der Waals surface area (Å²) < 4.78 is 32.2. The van der Waals surface area contributed by atoms with Crippen LogP contribution in [0, 0.1) is 5.92 Å². The molecule has 0 amide bonds. The summed E-state index contributed by atoms with van der Waals surface area (Å²) in [5, 5.41) is 3.00. The molecule has 0 radical (unpaired) electrons. The van der Waals surface area contributed by atoms with Crippen LogP contribution < -0.4 is 5.32 Å². The van der Waals surface area contributed by atoms with E-state index < -0.39 is 10.0 Å². The lowest BCUT2D eigenvalue weighted by atomic mass is 10.0. The van der Waals surface area contributed by atoms with E-state index in [9.17, 15) is 8.42 Å². The molecule has 1 aromatic rings. The number of sulfonamides is 1. The fraction of sp³-hybridized carbons (Fsp3) is 0.643. The van der Waals surface area contributed by atoms with Gasteiger partial charge in [-0.2, -0.15) is 0 Å². The molecule has 2 rings (SSSR count). The zero-order valence-corrected chi connectivity index (χ0v) is 13.4. The van der Waals surface area contributed by atoms with Crippen LogP contribution in [0.1, 0.15) is 19.8 Å². The minimum absolute atomic E-state index is 0.228. The van der Waals surface area contributed by atoms with Crippen molar-refractivity contribution in [3.63, 3.8) is 0 Å². The van der Waals surface area contributed by atoms with Crippen molar-refractivity contribution in [3.8, 4) is 0 Å². The van der Waals surface area contributed by atoms with E-state index in [1.54, 1.807) is 25.4 Å². The van der Waals surface area contributed by atoms with Crippen LogP contribution in [0.4, 0.5) is 5.82 Å². The molecule has 2 heterocycles. The molecule has 1 unspecified atom stereocenters. The molecule has 21 heavy (non-hydrogen) atoms. The maximum atomic E-state index is 12.7. The molecule has 0 aromatic carbocycles. The maximum Gasteiger partial charge on any atom is 0.246 e. The topological polar surface area (TPSA) is 71.5 Å². The highest BCUT2D eigenvalue weighted by atomic mass is 32.2. The number of anilines is 1. The molecule has 1 saturated heterocycles. The average molecular weight is 313 g/mol. The summed E-state index contributed by atoms with van der Waals surface area (Å²) in [5.74, 6) is 0.671. The first-order chi connectivity index (χ1) is 10.1. The number of ether oxygens (including phenoxy) is 1. The van der Waals surface area contributed by atoms with Crippen LogP contribution in [0.15, 0.2) is 23.2 Å². The molecule has 1 aromatic heterocycles. The van der Waals surface area contributed by atoms with Crippen molar-refractivity contribution in [2.24, 2.45) is 5.92 Å². The summed E-state index contributed by atoms with van der Waals surface area (Å²) in [6.07, 6.45) is 3.59. The van der Waals surface area contributed by atoms with E-state index in [4.69, 9.17) is 4.74 Å². The van der Waals surface area contributed by atoms with Crippen LogP contribution in [0.5, 0.6) is 0 Å². The molecule has 1 aliphatic rings. The SMILES string of the molecule is CCNc1ncccc1S(=O)(=O)N(C)CC1CCCOC1. The van der Waals surface area contributed by atoms with Gasteiger partial charge < -0.3 is 10.1 Å². The van der Waals surface area contributed by atoms with E-state index in [2.05, 4.69) is 10.3 Å². The summed E-state index contributed by atoms with van der Waals surface area (Å²) in [6.45, 7) is 4.42. The third-order valence-electron chi connectivity index (χ3n) is 3.57. The van der Waals surface area contributed by atoms with E-state index in [0.717, 1.165) is 19.4 Å². The van der Waals surface area contributed by atoms with E-state index >= 15 is 0 Å². The molecule has 0 saturated carbocycles. The van der Waals surface area contributed by atoms with Crippen molar-refractivity contribution < 1.29 is 13.2 Å². The molecule has 118 valence electrons. The van der Waals surface area contributed by atoms with E-state index in [1.807, 2.05) is 6.92 Å². The van der Waals surface area contributed by atoms with Gasteiger partial charge in [-0.05, 0) is 37.8 Å². The van der Waals surface area contributed by atoms with Crippen LogP contribution in [0.3, 0.4) is 0 Å².